The molecule has 0 atom stereocenters. The van der Waals surface area contributed by atoms with Gasteiger partial charge in [0.25, 0.3) is 0 Å². The molecule has 27 heavy (non-hydrogen) atoms. The molecule has 0 aliphatic carbocycles. The van der Waals surface area contributed by atoms with E-state index in [0.717, 1.165) is 18.5 Å². The number of carbonyl (C=O) groups excluding carboxylic acids is 1. The first kappa shape index (κ1) is 23.3. The van der Waals surface area contributed by atoms with Crippen LogP contribution in [0.25, 0.3) is 0 Å². The number of nitrogen functional groups attached to an aromatic ring is 1. The summed E-state index contributed by atoms with van der Waals surface area (Å²) in [6.07, 6.45) is 21.8. The van der Waals surface area contributed by atoms with Crippen LogP contribution in [0.2, 0.25) is 0 Å². The van der Waals surface area contributed by atoms with E-state index in [1.807, 2.05) is 18.2 Å². The van der Waals surface area contributed by atoms with Gasteiger partial charge in [-0.25, -0.2) is 0 Å². The number of unbranched alkanes of at least 4 members (excludes halogenated alkanes) is 11. The van der Waals surface area contributed by atoms with E-state index < -0.39 is 0 Å². The van der Waals surface area contributed by atoms with Crippen molar-refractivity contribution in [2.45, 2.75) is 96.8 Å². The third-order valence-corrected chi connectivity index (χ3v) is 4.90. The summed E-state index contributed by atoms with van der Waals surface area (Å²) in [5.41, 5.74) is 7.17. The van der Waals surface area contributed by atoms with Crippen LogP contribution in [0.4, 0.5) is 11.4 Å². The van der Waals surface area contributed by atoms with E-state index in [9.17, 15) is 4.79 Å². The van der Waals surface area contributed by atoms with Crippen LogP contribution in [0.5, 0.6) is 0 Å². The predicted molar refractivity (Wildman–Crippen MR) is 119 cm³/mol. The summed E-state index contributed by atoms with van der Waals surface area (Å²) in [4.78, 5) is 11.9. The fraction of sp³-hybridized carbons (Fsp3) is 0.625. The Morgan fingerprint density at radius 2 is 1.41 bits per heavy atom. The van der Waals surface area contributed by atoms with Crippen molar-refractivity contribution in [1.82, 2.24) is 0 Å². The SMILES string of the molecule is CCCCCCCC/C=C\CCCCCCCC(=O)Nc1ccccc1N. The molecular formula is C24H40N2O. The van der Waals surface area contributed by atoms with Crippen molar-refractivity contribution >= 4 is 17.3 Å². The van der Waals surface area contributed by atoms with Gasteiger partial charge in [0, 0.05) is 6.42 Å². The van der Waals surface area contributed by atoms with Gasteiger partial charge >= 0.3 is 0 Å². The minimum atomic E-state index is 0.0607. The Morgan fingerprint density at radius 3 is 2.04 bits per heavy atom. The summed E-state index contributed by atoms with van der Waals surface area (Å²) in [6.45, 7) is 2.27. The Balaban J connectivity index is 1.88. The molecule has 1 amide bonds. The van der Waals surface area contributed by atoms with Gasteiger partial charge in [0.15, 0.2) is 0 Å². The molecule has 152 valence electrons. The zero-order valence-electron chi connectivity index (χ0n) is 17.3. The van der Waals surface area contributed by atoms with Crippen LogP contribution in [-0.2, 0) is 4.79 Å². The topological polar surface area (TPSA) is 55.1 Å². The lowest BCUT2D eigenvalue weighted by Gasteiger charge is -2.07. The molecule has 3 heteroatoms. The number of benzene rings is 1. The highest BCUT2D eigenvalue weighted by Crippen LogP contribution is 2.17. The summed E-state index contributed by atoms with van der Waals surface area (Å²) in [6, 6.07) is 7.40. The van der Waals surface area contributed by atoms with Crippen molar-refractivity contribution in [3.8, 4) is 0 Å². The highest BCUT2D eigenvalue weighted by atomic mass is 16.1. The number of nitrogens with one attached hydrogen (secondary N) is 1. The average Bonchev–Trinajstić information content (AvgIpc) is 2.66. The van der Waals surface area contributed by atoms with Gasteiger partial charge in [-0.2, -0.15) is 0 Å². The fourth-order valence-corrected chi connectivity index (χ4v) is 3.18. The molecule has 3 N–H and O–H groups in total. The second kappa shape index (κ2) is 16.4. The first-order valence-electron chi connectivity index (χ1n) is 11.0. The number of carbonyl (C=O) groups is 1. The van der Waals surface area contributed by atoms with E-state index in [-0.39, 0.29) is 5.91 Å². The minimum absolute atomic E-state index is 0.0607. The van der Waals surface area contributed by atoms with Crippen LogP contribution < -0.4 is 11.1 Å². The van der Waals surface area contributed by atoms with E-state index in [1.54, 1.807) is 6.07 Å². The van der Waals surface area contributed by atoms with E-state index in [0.29, 0.717) is 12.1 Å². The normalized spacial score (nSPS) is 11.1. The van der Waals surface area contributed by atoms with Gasteiger partial charge < -0.3 is 11.1 Å². The van der Waals surface area contributed by atoms with E-state index in [2.05, 4.69) is 24.4 Å². The van der Waals surface area contributed by atoms with E-state index in [1.165, 1.54) is 70.6 Å². The lowest BCUT2D eigenvalue weighted by molar-refractivity contribution is -0.116. The van der Waals surface area contributed by atoms with Crippen molar-refractivity contribution in [1.29, 1.82) is 0 Å². The van der Waals surface area contributed by atoms with Crippen LogP contribution in [0.15, 0.2) is 36.4 Å². The molecule has 0 unspecified atom stereocenters. The van der Waals surface area contributed by atoms with Gasteiger partial charge in [0.1, 0.15) is 0 Å². The molecule has 1 rings (SSSR count). The summed E-state index contributed by atoms with van der Waals surface area (Å²) >= 11 is 0. The molecule has 0 aliphatic rings. The fourth-order valence-electron chi connectivity index (χ4n) is 3.18. The second-order valence-electron chi connectivity index (χ2n) is 7.47. The van der Waals surface area contributed by atoms with Crippen molar-refractivity contribution in [2.24, 2.45) is 0 Å². The van der Waals surface area contributed by atoms with Gasteiger partial charge in [-0.15, -0.1) is 0 Å². The smallest absolute Gasteiger partial charge is 0.224 e. The molecule has 0 aromatic heterocycles. The van der Waals surface area contributed by atoms with Gasteiger partial charge in [-0.1, -0.05) is 82.6 Å². The summed E-state index contributed by atoms with van der Waals surface area (Å²) in [5.74, 6) is 0.0607. The zero-order valence-corrected chi connectivity index (χ0v) is 17.3. The van der Waals surface area contributed by atoms with Crippen molar-refractivity contribution in [3.05, 3.63) is 36.4 Å². The number of nitrogens with two attached hydrogens (primary N) is 1. The largest absolute Gasteiger partial charge is 0.397 e. The van der Waals surface area contributed by atoms with Crippen molar-refractivity contribution in [3.63, 3.8) is 0 Å². The number of hydrogen-bond donors (Lipinski definition) is 2. The molecule has 0 saturated heterocycles. The number of hydrogen-bond acceptors (Lipinski definition) is 2. The monoisotopic (exact) mass is 372 g/mol. The second-order valence-corrected chi connectivity index (χ2v) is 7.47. The number of para-hydroxylation sites is 2. The summed E-state index contributed by atoms with van der Waals surface area (Å²) < 4.78 is 0. The van der Waals surface area contributed by atoms with Crippen LogP contribution in [0.1, 0.15) is 96.8 Å². The lowest BCUT2D eigenvalue weighted by Crippen LogP contribution is -2.12. The van der Waals surface area contributed by atoms with E-state index >= 15 is 0 Å². The minimum Gasteiger partial charge on any atom is -0.397 e. The Hall–Kier alpha value is -1.77. The molecule has 0 fully saturated rings. The van der Waals surface area contributed by atoms with E-state index in [4.69, 9.17) is 5.73 Å². The zero-order chi connectivity index (χ0) is 19.6. The molecule has 0 heterocycles. The standard InChI is InChI=1S/C24H40N2O/c1-2-3-4-5-6-7-8-9-10-11-12-13-14-15-16-21-24(27)26-23-20-18-17-19-22(23)25/h9-10,17-20H,2-8,11-16,21,25H2,1H3,(H,26,27)/b10-9-. The third kappa shape index (κ3) is 13.1. The highest BCUT2D eigenvalue weighted by molar-refractivity contribution is 5.93. The third-order valence-electron chi connectivity index (χ3n) is 4.90. The summed E-state index contributed by atoms with van der Waals surface area (Å²) in [5, 5.41) is 2.89. The summed E-state index contributed by atoms with van der Waals surface area (Å²) in [7, 11) is 0. The van der Waals surface area contributed by atoms with Gasteiger partial charge in [-0.3, -0.25) is 4.79 Å². The van der Waals surface area contributed by atoms with Gasteiger partial charge in [-0.05, 0) is 44.2 Å². The maximum Gasteiger partial charge on any atom is 0.224 e. The first-order valence-corrected chi connectivity index (χ1v) is 11.0. The predicted octanol–water partition coefficient (Wildman–Crippen LogP) is 7.24. The Bertz CT molecular complexity index is 525. The maximum atomic E-state index is 11.9. The molecule has 0 aliphatic heterocycles. The number of anilines is 2. The molecule has 0 bridgehead atoms. The molecule has 1 aromatic carbocycles. The van der Waals surface area contributed by atoms with Crippen molar-refractivity contribution in [2.75, 3.05) is 11.1 Å². The molecule has 3 nitrogen and oxygen atoms in total. The average molecular weight is 373 g/mol. The Labute approximate surface area is 166 Å². The molecule has 0 radical (unpaired) electrons. The van der Waals surface area contributed by atoms with Crippen LogP contribution >= 0.6 is 0 Å². The van der Waals surface area contributed by atoms with Gasteiger partial charge in [0.2, 0.25) is 5.91 Å². The van der Waals surface area contributed by atoms with Gasteiger partial charge in [0.05, 0.1) is 11.4 Å². The lowest BCUT2D eigenvalue weighted by atomic mass is 10.1. The molecular weight excluding hydrogens is 332 g/mol. The van der Waals surface area contributed by atoms with Crippen molar-refractivity contribution < 1.29 is 4.79 Å². The molecule has 0 saturated carbocycles. The highest BCUT2D eigenvalue weighted by Gasteiger charge is 2.04. The maximum absolute atomic E-state index is 11.9. The first-order chi connectivity index (χ1) is 13.2. The van der Waals surface area contributed by atoms with Crippen LogP contribution in [0.3, 0.4) is 0 Å². The number of amides is 1. The Kier molecular flexibility index (Phi) is 14.1. The Morgan fingerprint density at radius 1 is 0.852 bits per heavy atom. The van der Waals surface area contributed by atoms with Crippen LogP contribution in [-0.4, -0.2) is 5.91 Å². The van der Waals surface area contributed by atoms with Crippen LogP contribution in [0, 0.1) is 0 Å². The number of rotatable bonds is 16. The number of allylic oxidation sites excluding steroid dienone is 2. The molecule has 0 spiro atoms. The quantitative estimate of drug-likeness (QED) is 0.182. The molecule has 1 aromatic rings.